The van der Waals surface area contributed by atoms with E-state index in [0.717, 1.165) is 4.88 Å². The summed E-state index contributed by atoms with van der Waals surface area (Å²) in [6, 6.07) is 3.80. The van der Waals surface area contributed by atoms with E-state index in [1.807, 2.05) is 22.4 Å². The summed E-state index contributed by atoms with van der Waals surface area (Å²) in [4.78, 5) is 27.3. The Kier molecular flexibility index (Phi) is 5.60. The minimum Gasteiger partial charge on any atom is -0.466 e. The van der Waals surface area contributed by atoms with Crippen molar-refractivity contribution in [2.45, 2.75) is 19.8 Å². The van der Waals surface area contributed by atoms with Gasteiger partial charge in [-0.25, -0.2) is 9.59 Å². The number of hydrogen-bond acceptors (Lipinski definition) is 6. The van der Waals surface area contributed by atoms with Gasteiger partial charge in [0.15, 0.2) is 0 Å². The minimum atomic E-state index is -0.460. The Bertz CT molecular complexity index is 597. The number of esters is 2. The van der Waals surface area contributed by atoms with Crippen LogP contribution in [0.25, 0.3) is 0 Å². The van der Waals surface area contributed by atoms with Gasteiger partial charge >= 0.3 is 11.9 Å². The third kappa shape index (κ3) is 3.82. The van der Waals surface area contributed by atoms with Crippen LogP contribution in [0.15, 0.2) is 41.1 Å². The molecule has 1 aromatic rings. The second-order valence-corrected chi connectivity index (χ2v) is 6.67. The first kappa shape index (κ1) is 17.3. The molecular weight excluding hydrogens is 314 g/mol. The fraction of sp³-hybridized carbons (Fsp3) is 0.412. The molecule has 2 rings (SSSR count). The van der Waals surface area contributed by atoms with E-state index in [1.54, 1.807) is 12.4 Å². The Morgan fingerprint density at radius 1 is 1.17 bits per heavy atom. The van der Waals surface area contributed by atoms with E-state index in [0.29, 0.717) is 23.6 Å². The van der Waals surface area contributed by atoms with Crippen LogP contribution in [0.4, 0.5) is 0 Å². The second-order valence-electron chi connectivity index (χ2n) is 5.69. The van der Waals surface area contributed by atoms with Crippen molar-refractivity contribution in [3.8, 4) is 0 Å². The molecule has 0 amide bonds. The molecule has 0 bridgehead atoms. The summed E-state index contributed by atoms with van der Waals surface area (Å²) in [5.41, 5.74) is 0.886. The number of ether oxygens (including phenoxy) is 2. The first-order valence-corrected chi connectivity index (χ1v) is 8.25. The minimum absolute atomic E-state index is 0.374. The monoisotopic (exact) mass is 335 g/mol. The van der Waals surface area contributed by atoms with Gasteiger partial charge in [0, 0.05) is 23.8 Å². The number of rotatable bonds is 5. The molecule has 0 atom stereocenters. The molecular formula is C17H21NO4S. The Morgan fingerprint density at radius 3 is 2.13 bits per heavy atom. The molecule has 2 heterocycles. The number of methoxy groups -OCH3 is 2. The zero-order chi connectivity index (χ0) is 17.0. The van der Waals surface area contributed by atoms with Gasteiger partial charge in [0.2, 0.25) is 0 Å². The van der Waals surface area contributed by atoms with Gasteiger partial charge in [-0.15, -0.1) is 11.3 Å². The van der Waals surface area contributed by atoms with Crippen LogP contribution in [0, 0.1) is 5.92 Å². The Hall–Kier alpha value is -2.08. The van der Waals surface area contributed by atoms with E-state index in [9.17, 15) is 9.59 Å². The van der Waals surface area contributed by atoms with E-state index < -0.39 is 17.9 Å². The van der Waals surface area contributed by atoms with E-state index in [2.05, 4.69) is 13.8 Å². The lowest BCUT2D eigenvalue weighted by Gasteiger charge is -2.30. The lowest BCUT2D eigenvalue weighted by atomic mass is 9.88. The molecule has 0 saturated heterocycles. The van der Waals surface area contributed by atoms with Crippen molar-refractivity contribution < 1.29 is 19.1 Å². The summed E-state index contributed by atoms with van der Waals surface area (Å²) in [5.74, 6) is -0.963. The third-order valence-electron chi connectivity index (χ3n) is 3.48. The van der Waals surface area contributed by atoms with Gasteiger partial charge in [0.05, 0.1) is 31.3 Å². The predicted octanol–water partition coefficient (Wildman–Crippen LogP) is 2.92. The summed E-state index contributed by atoms with van der Waals surface area (Å²) in [6.45, 7) is 4.84. The van der Waals surface area contributed by atoms with Gasteiger partial charge in [-0.2, -0.15) is 0 Å². The van der Waals surface area contributed by atoms with Crippen LogP contribution in [-0.2, 0) is 19.1 Å². The van der Waals surface area contributed by atoms with Crippen LogP contribution >= 0.6 is 11.3 Å². The molecule has 1 aromatic heterocycles. The molecule has 1 aliphatic heterocycles. The highest BCUT2D eigenvalue weighted by atomic mass is 32.1. The highest BCUT2D eigenvalue weighted by Gasteiger charge is 2.35. The normalized spacial score (nSPS) is 15.3. The zero-order valence-electron chi connectivity index (χ0n) is 13.7. The number of nitrogens with zero attached hydrogens (tertiary/aromatic N) is 1. The van der Waals surface area contributed by atoms with Crippen molar-refractivity contribution in [2.75, 3.05) is 20.8 Å². The standard InChI is InChI=1S/C17H21NO4S/c1-11(2)8-18-9-12(16(19)21-3)15(14-6-5-7-23-14)13(10-18)17(20)22-4/h5-7,9-11,15H,8H2,1-4H3. The maximum atomic E-state index is 12.3. The highest BCUT2D eigenvalue weighted by molar-refractivity contribution is 7.10. The van der Waals surface area contributed by atoms with E-state index in [1.165, 1.54) is 25.6 Å². The smallest absolute Gasteiger partial charge is 0.336 e. The molecule has 0 aliphatic carbocycles. The van der Waals surface area contributed by atoms with Gasteiger partial charge in [-0.1, -0.05) is 19.9 Å². The number of carbonyl (C=O) groups is 2. The van der Waals surface area contributed by atoms with Crippen molar-refractivity contribution >= 4 is 23.3 Å². The topological polar surface area (TPSA) is 55.8 Å². The van der Waals surface area contributed by atoms with Crippen LogP contribution in [0.3, 0.4) is 0 Å². The van der Waals surface area contributed by atoms with Gasteiger partial charge in [-0.3, -0.25) is 0 Å². The predicted molar refractivity (Wildman–Crippen MR) is 88.8 cm³/mol. The first-order chi connectivity index (χ1) is 11.0. The van der Waals surface area contributed by atoms with E-state index in [-0.39, 0.29) is 0 Å². The van der Waals surface area contributed by atoms with Crippen molar-refractivity contribution in [1.82, 2.24) is 4.90 Å². The van der Waals surface area contributed by atoms with Crippen molar-refractivity contribution in [3.05, 3.63) is 45.9 Å². The second kappa shape index (κ2) is 7.46. The fourth-order valence-electron chi connectivity index (χ4n) is 2.58. The van der Waals surface area contributed by atoms with Gasteiger partial charge in [0.1, 0.15) is 0 Å². The summed E-state index contributed by atoms with van der Waals surface area (Å²) in [5, 5.41) is 1.92. The first-order valence-electron chi connectivity index (χ1n) is 7.37. The van der Waals surface area contributed by atoms with Crippen molar-refractivity contribution in [1.29, 1.82) is 0 Å². The van der Waals surface area contributed by atoms with Crippen LogP contribution < -0.4 is 0 Å². The van der Waals surface area contributed by atoms with Crippen LogP contribution in [0.2, 0.25) is 0 Å². The maximum absolute atomic E-state index is 12.3. The zero-order valence-corrected chi connectivity index (χ0v) is 14.6. The third-order valence-corrected chi connectivity index (χ3v) is 4.41. The molecule has 23 heavy (non-hydrogen) atoms. The number of thiophene rings is 1. The lowest BCUT2D eigenvalue weighted by molar-refractivity contribution is -0.137. The molecule has 124 valence electrons. The molecule has 0 N–H and O–H groups in total. The molecule has 5 nitrogen and oxygen atoms in total. The molecule has 0 saturated carbocycles. The quantitative estimate of drug-likeness (QED) is 0.775. The molecule has 0 spiro atoms. The molecule has 0 fully saturated rings. The van der Waals surface area contributed by atoms with Crippen molar-refractivity contribution in [2.24, 2.45) is 5.92 Å². The highest BCUT2D eigenvalue weighted by Crippen LogP contribution is 2.39. The van der Waals surface area contributed by atoms with Gasteiger partial charge < -0.3 is 14.4 Å². The molecule has 0 radical (unpaired) electrons. The summed E-state index contributed by atoms with van der Waals surface area (Å²) in [6.07, 6.45) is 3.53. The average Bonchev–Trinajstić information content (AvgIpc) is 3.05. The van der Waals surface area contributed by atoms with Crippen molar-refractivity contribution in [3.63, 3.8) is 0 Å². The number of carbonyl (C=O) groups excluding carboxylic acids is 2. The fourth-order valence-corrected chi connectivity index (χ4v) is 3.44. The molecule has 0 unspecified atom stereocenters. The van der Waals surface area contributed by atoms with Crippen LogP contribution in [0.1, 0.15) is 24.6 Å². The van der Waals surface area contributed by atoms with Crippen LogP contribution in [-0.4, -0.2) is 37.6 Å². The van der Waals surface area contributed by atoms with Crippen LogP contribution in [0.5, 0.6) is 0 Å². The maximum Gasteiger partial charge on any atom is 0.336 e. The summed E-state index contributed by atoms with van der Waals surface area (Å²) in [7, 11) is 2.69. The van der Waals surface area contributed by atoms with Gasteiger partial charge in [-0.05, 0) is 17.4 Å². The molecule has 1 aliphatic rings. The number of hydrogen-bond donors (Lipinski definition) is 0. The molecule has 0 aromatic carbocycles. The Morgan fingerprint density at radius 2 is 1.74 bits per heavy atom. The Labute approximate surface area is 140 Å². The average molecular weight is 335 g/mol. The largest absolute Gasteiger partial charge is 0.466 e. The Balaban J connectivity index is 2.51. The van der Waals surface area contributed by atoms with E-state index >= 15 is 0 Å². The van der Waals surface area contributed by atoms with E-state index in [4.69, 9.17) is 9.47 Å². The summed E-state index contributed by atoms with van der Waals surface area (Å²) >= 11 is 1.49. The summed E-state index contributed by atoms with van der Waals surface area (Å²) < 4.78 is 9.85. The lowest BCUT2D eigenvalue weighted by Crippen LogP contribution is -2.30. The van der Waals surface area contributed by atoms with Gasteiger partial charge in [0.25, 0.3) is 0 Å². The SMILES string of the molecule is COC(=O)C1=CN(CC(C)C)C=C(C(=O)OC)C1c1cccs1. The molecule has 6 heteroatoms.